The molecule has 3 rings (SSSR count). The Kier molecular flexibility index (Phi) is 4.98. The molecule has 3 aromatic rings. The average molecular weight is 375 g/mol. The van der Waals surface area contributed by atoms with Gasteiger partial charge in [-0.15, -0.1) is 0 Å². The number of likely N-dealkylation sites (N-methyl/N-ethyl adjacent to an activating group) is 1. The van der Waals surface area contributed by atoms with Gasteiger partial charge in [-0.3, -0.25) is 14.6 Å². The van der Waals surface area contributed by atoms with Crippen LogP contribution in [0.4, 0.5) is 13.2 Å². The van der Waals surface area contributed by atoms with Crippen molar-refractivity contribution in [1.29, 1.82) is 0 Å². The van der Waals surface area contributed by atoms with Gasteiger partial charge in [0.25, 0.3) is 5.91 Å². The van der Waals surface area contributed by atoms with Gasteiger partial charge in [0, 0.05) is 18.6 Å². The Hall–Kier alpha value is -3.16. The zero-order valence-corrected chi connectivity index (χ0v) is 14.4. The number of benzene rings is 2. The maximum Gasteiger partial charge on any atom is 0.405 e. The number of aromatic nitrogens is 1. The lowest BCUT2D eigenvalue weighted by Crippen LogP contribution is -2.41. The van der Waals surface area contributed by atoms with Gasteiger partial charge in [0.05, 0.1) is 17.6 Å². The standard InChI is InChI=1S/C19H16F3N3O2/c1-25(10-16(26)24-11-19(20,21)22)18(27)15-9-12-5-2-3-6-13(12)14-7-4-8-23-17(14)15/h2-9H,10-11H2,1H3,(H,24,26). The molecule has 140 valence electrons. The lowest BCUT2D eigenvalue weighted by atomic mass is 10.00. The van der Waals surface area contributed by atoms with Crippen LogP contribution in [0.1, 0.15) is 10.4 Å². The molecule has 27 heavy (non-hydrogen) atoms. The third-order valence-electron chi connectivity index (χ3n) is 4.06. The molecular weight excluding hydrogens is 359 g/mol. The molecule has 1 aromatic heterocycles. The van der Waals surface area contributed by atoms with Crippen molar-refractivity contribution in [3.05, 3.63) is 54.2 Å². The molecule has 5 nitrogen and oxygen atoms in total. The number of amides is 2. The van der Waals surface area contributed by atoms with Gasteiger partial charge in [-0.1, -0.05) is 30.3 Å². The van der Waals surface area contributed by atoms with Crippen LogP contribution >= 0.6 is 0 Å². The highest BCUT2D eigenvalue weighted by Crippen LogP contribution is 2.27. The molecule has 0 saturated carbocycles. The van der Waals surface area contributed by atoms with Crippen molar-refractivity contribution in [2.45, 2.75) is 6.18 Å². The number of fused-ring (bicyclic) bond motifs is 3. The van der Waals surface area contributed by atoms with Crippen molar-refractivity contribution in [3.63, 3.8) is 0 Å². The maximum atomic E-state index is 12.8. The summed E-state index contributed by atoms with van der Waals surface area (Å²) in [5.74, 6) is -1.38. The third-order valence-corrected chi connectivity index (χ3v) is 4.06. The lowest BCUT2D eigenvalue weighted by molar-refractivity contribution is -0.138. The number of pyridine rings is 1. The van der Waals surface area contributed by atoms with Gasteiger partial charge in [0.2, 0.25) is 5.91 Å². The summed E-state index contributed by atoms with van der Waals surface area (Å²) in [6.45, 7) is -1.93. The lowest BCUT2D eigenvalue weighted by Gasteiger charge is -2.18. The highest BCUT2D eigenvalue weighted by Gasteiger charge is 2.28. The van der Waals surface area contributed by atoms with Crippen LogP contribution in [-0.2, 0) is 4.79 Å². The molecule has 0 atom stereocenters. The largest absolute Gasteiger partial charge is 0.405 e. The van der Waals surface area contributed by atoms with E-state index in [1.807, 2.05) is 30.3 Å². The minimum Gasteiger partial charge on any atom is -0.345 e. The van der Waals surface area contributed by atoms with E-state index in [9.17, 15) is 22.8 Å². The first-order valence-corrected chi connectivity index (χ1v) is 8.11. The predicted octanol–water partition coefficient (Wildman–Crippen LogP) is 3.14. The van der Waals surface area contributed by atoms with E-state index < -0.39 is 31.1 Å². The van der Waals surface area contributed by atoms with Gasteiger partial charge in [-0.25, -0.2) is 0 Å². The van der Waals surface area contributed by atoms with Gasteiger partial charge >= 0.3 is 6.18 Å². The molecule has 0 aliphatic rings. The van der Waals surface area contributed by atoms with Crippen LogP contribution in [0.25, 0.3) is 21.7 Å². The Balaban J connectivity index is 1.89. The Morgan fingerprint density at radius 2 is 1.81 bits per heavy atom. The summed E-state index contributed by atoms with van der Waals surface area (Å²) in [7, 11) is 1.36. The quantitative estimate of drug-likeness (QED) is 0.713. The summed E-state index contributed by atoms with van der Waals surface area (Å²) in [6.07, 6.45) is -2.94. The number of hydrogen-bond acceptors (Lipinski definition) is 3. The molecule has 0 bridgehead atoms. The Labute approximate surface area is 152 Å². The van der Waals surface area contributed by atoms with E-state index in [4.69, 9.17) is 0 Å². The second-order valence-electron chi connectivity index (χ2n) is 6.10. The summed E-state index contributed by atoms with van der Waals surface area (Å²) in [5, 5.41) is 4.30. The minimum atomic E-state index is -4.50. The van der Waals surface area contributed by atoms with E-state index in [1.165, 1.54) is 7.05 Å². The van der Waals surface area contributed by atoms with Gasteiger partial charge < -0.3 is 10.2 Å². The Bertz CT molecular complexity index is 1020. The third kappa shape index (κ3) is 4.16. The first kappa shape index (κ1) is 18.6. The fourth-order valence-electron chi connectivity index (χ4n) is 2.84. The van der Waals surface area contributed by atoms with E-state index in [1.54, 1.807) is 23.6 Å². The molecule has 0 radical (unpaired) electrons. The van der Waals surface area contributed by atoms with Crippen LogP contribution in [0, 0.1) is 0 Å². The van der Waals surface area contributed by atoms with Crippen molar-refractivity contribution in [2.24, 2.45) is 0 Å². The summed E-state index contributed by atoms with van der Waals surface area (Å²) >= 11 is 0. The number of alkyl halides is 3. The fourth-order valence-corrected chi connectivity index (χ4v) is 2.84. The highest BCUT2D eigenvalue weighted by molar-refractivity contribution is 6.15. The molecule has 0 saturated heterocycles. The van der Waals surface area contributed by atoms with Crippen LogP contribution in [0.3, 0.4) is 0 Å². The Morgan fingerprint density at radius 1 is 1.11 bits per heavy atom. The van der Waals surface area contributed by atoms with Crippen molar-refractivity contribution in [2.75, 3.05) is 20.1 Å². The second-order valence-corrected chi connectivity index (χ2v) is 6.10. The maximum absolute atomic E-state index is 12.8. The van der Waals surface area contributed by atoms with Gasteiger partial charge in [-0.05, 0) is 22.9 Å². The number of hydrogen-bond donors (Lipinski definition) is 1. The molecule has 2 amide bonds. The molecule has 0 spiro atoms. The number of nitrogens with one attached hydrogen (secondary N) is 1. The van der Waals surface area contributed by atoms with Gasteiger partial charge in [-0.2, -0.15) is 13.2 Å². The van der Waals surface area contributed by atoms with Crippen molar-refractivity contribution in [1.82, 2.24) is 15.2 Å². The molecule has 0 aliphatic heterocycles. The number of carbonyl (C=O) groups is 2. The van der Waals surface area contributed by atoms with E-state index >= 15 is 0 Å². The summed E-state index contributed by atoms with van der Waals surface area (Å²) in [4.78, 5) is 29.9. The fraction of sp³-hybridized carbons (Fsp3) is 0.211. The summed E-state index contributed by atoms with van der Waals surface area (Å²) in [5.41, 5.74) is 0.763. The van der Waals surface area contributed by atoms with Crippen LogP contribution < -0.4 is 5.32 Å². The average Bonchev–Trinajstić information content (AvgIpc) is 2.64. The van der Waals surface area contributed by atoms with Gasteiger partial charge in [0.1, 0.15) is 6.54 Å². The second kappa shape index (κ2) is 7.22. The van der Waals surface area contributed by atoms with Crippen LogP contribution in [-0.4, -0.2) is 48.0 Å². The monoisotopic (exact) mass is 375 g/mol. The van der Waals surface area contributed by atoms with Gasteiger partial charge in [0.15, 0.2) is 0 Å². The zero-order valence-electron chi connectivity index (χ0n) is 14.4. The smallest absolute Gasteiger partial charge is 0.345 e. The number of carbonyl (C=O) groups excluding carboxylic acids is 2. The first-order chi connectivity index (χ1) is 12.8. The minimum absolute atomic E-state index is 0.287. The zero-order chi connectivity index (χ0) is 19.6. The molecule has 2 aromatic carbocycles. The van der Waals surface area contributed by atoms with E-state index in [0.29, 0.717) is 5.52 Å². The highest BCUT2D eigenvalue weighted by atomic mass is 19.4. The van der Waals surface area contributed by atoms with Crippen LogP contribution in [0.2, 0.25) is 0 Å². The van der Waals surface area contributed by atoms with E-state index in [2.05, 4.69) is 4.98 Å². The molecule has 1 N–H and O–H groups in total. The summed E-state index contributed by atoms with van der Waals surface area (Å²) in [6, 6.07) is 12.8. The van der Waals surface area contributed by atoms with E-state index in [0.717, 1.165) is 21.1 Å². The molecule has 1 heterocycles. The topological polar surface area (TPSA) is 62.3 Å². The molecule has 8 heteroatoms. The SMILES string of the molecule is CN(CC(=O)NCC(F)(F)F)C(=O)c1cc2ccccc2c2cccnc12. The number of nitrogens with zero attached hydrogens (tertiary/aromatic N) is 2. The van der Waals surface area contributed by atoms with Crippen molar-refractivity contribution >= 4 is 33.5 Å². The number of halogens is 3. The Morgan fingerprint density at radius 3 is 2.56 bits per heavy atom. The van der Waals surface area contributed by atoms with Crippen LogP contribution in [0.5, 0.6) is 0 Å². The first-order valence-electron chi connectivity index (χ1n) is 8.11. The molecule has 0 fully saturated rings. The van der Waals surface area contributed by atoms with Crippen molar-refractivity contribution < 1.29 is 22.8 Å². The van der Waals surface area contributed by atoms with Crippen molar-refractivity contribution in [3.8, 4) is 0 Å². The van der Waals surface area contributed by atoms with Crippen LogP contribution in [0.15, 0.2) is 48.7 Å². The summed E-state index contributed by atoms with van der Waals surface area (Å²) < 4.78 is 36.6. The molecule has 0 unspecified atom stereocenters. The normalized spacial score (nSPS) is 11.6. The number of rotatable bonds is 4. The van der Waals surface area contributed by atoms with E-state index in [-0.39, 0.29) is 5.56 Å². The molecular formula is C19H16F3N3O2. The predicted molar refractivity (Wildman–Crippen MR) is 95.3 cm³/mol. The molecule has 0 aliphatic carbocycles.